The van der Waals surface area contributed by atoms with Gasteiger partial charge in [0.1, 0.15) is 6.04 Å². The van der Waals surface area contributed by atoms with Gasteiger partial charge in [0, 0.05) is 5.69 Å². The first-order chi connectivity index (χ1) is 8.45. The lowest BCUT2D eigenvalue weighted by Gasteiger charge is -2.12. The molecule has 1 aromatic heterocycles. The number of ether oxygens (including phenoxy) is 1. The number of hydrogen-bond donors (Lipinski definition) is 3. The van der Waals surface area contributed by atoms with Crippen LogP contribution in [0.3, 0.4) is 0 Å². The molecule has 8 heteroatoms. The molecule has 0 saturated heterocycles. The van der Waals surface area contributed by atoms with E-state index in [1.807, 2.05) is 0 Å². The van der Waals surface area contributed by atoms with Crippen LogP contribution < -0.4 is 5.32 Å². The van der Waals surface area contributed by atoms with Crippen molar-refractivity contribution in [2.75, 3.05) is 7.11 Å². The van der Waals surface area contributed by atoms with Gasteiger partial charge in [-0.25, -0.2) is 4.79 Å². The average molecular weight is 255 g/mol. The summed E-state index contributed by atoms with van der Waals surface area (Å²) in [7, 11) is 1.14. The van der Waals surface area contributed by atoms with Crippen molar-refractivity contribution >= 4 is 17.8 Å². The zero-order chi connectivity index (χ0) is 13.7. The van der Waals surface area contributed by atoms with Crippen molar-refractivity contribution in [3.63, 3.8) is 0 Å². The van der Waals surface area contributed by atoms with E-state index in [1.54, 1.807) is 6.92 Å². The summed E-state index contributed by atoms with van der Waals surface area (Å²) in [4.78, 5) is 33.6. The van der Waals surface area contributed by atoms with Crippen LogP contribution in [0.15, 0.2) is 6.20 Å². The molecule has 0 bridgehead atoms. The van der Waals surface area contributed by atoms with Crippen molar-refractivity contribution in [3.8, 4) is 0 Å². The maximum atomic E-state index is 11.7. The standard InChI is InChI=1S/C10H13N3O5/c1-5-6(4-11-13-5)9(15)12-7(10(16)17)3-8(14)18-2/h4,7H,3H2,1-2H3,(H,11,13)(H,12,15)(H,16,17)/t7-/m0/s1. The number of methoxy groups -OCH3 is 1. The topological polar surface area (TPSA) is 121 Å². The Hall–Kier alpha value is -2.38. The molecule has 8 nitrogen and oxygen atoms in total. The van der Waals surface area contributed by atoms with Crippen molar-refractivity contribution in [2.45, 2.75) is 19.4 Å². The summed E-state index contributed by atoms with van der Waals surface area (Å²) in [5, 5.41) is 17.3. The van der Waals surface area contributed by atoms with Crippen LogP contribution in [-0.2, 0) is 14.3 Å². The molecule has 1 rings (SSSR count). The smallest absolute Gasteiger partial charge is 0.326 e. The van der Waals surface area contributed by atoms with Crippen molar-refractivity contribution in [1.82, 2.24) is 15.5 Å². The molecular formula is C10H13N3O5. The molecule has 1 amide bonds. The van der Waals surface area contributed by atoms with Crippen LogP contribution in [0.2, 0.25) is 0 Å². The quantitative estimate of drug-likeness (QED) is 0.608. The number of carbonyl (C=O) groups excluding carboxylic acids is 2. The van der Waals surface area contributed by atoms with Crippen LogP contribution in [-0.4, -0.2) is 46.3 Å². The zero-order valence-electron chi connectivity index (χ0n) is 9.89. The Labute approximate surface area is 102 Å². The van der Waals surface area contributed by atoms with E-state index in [0.717, 1.165) is 7.11 Å². The Kier molecular flexibility index (Phi) is 4.41. The monoisotopic (exact) mass is 255 g/mol. The third kappa shape index (κ3) is 3.30. The number of nitrogens with one attached hydrogen (secondary N) is 2. The molecule has 3 N–H and O–H groups in total. The lowest BCUT2D eigenvalue weighted by atomic mass is 10.2. The molecule has 1 heterocycles. The first-order valence-corrected chi connectivity index (χ1v) is 5.06. The molecule has 0 spiro atoms. The average Bonchev–Trinajstić information content (AvgIpc) is 2.74. The van der Waals surface area contributed by atoms with Crippen molar-refractivity contribution in [2.24, 2.45) is 0 Å². The van der Waals surface area contributed by atoms with Crippen molar-refractivity contribution in [1.29, 1.82) is 0 Å². The van der Waals surface area contributed by atoms with Gasteiger partial charge in [0.25, 0.3) is 5.91 Å². The number of carbonyl (C=O) groups is 3. The third-order valence-electron chi connectivity index (χ3n) is 2.28. The van der Waals surface area contributed by atoms with E-state index >= 15 is 0 Å². The van der Waals surface area contributed by atoms with Crippen LogP contribution >= 0.6 is 0 Å². The Morgan fingerprint density at radius 3 is 2.67 bits per heavy atom. The molecule has 0 fully saturated rings. The van der Waals surface area contributed by atoms with E-state index in [4.69, 9.17) is 5.11 Å². The number of esters is 1. The highest BCUT2D eigenvalue weighted by Crippen LogP contribution is 2.04. The minimum absolute atomic E-state index is 0.228. The highest BCUT2D eigenvalue weighted by Gasteiger charge is 2.25. The van der Waals surface area contributed by atoms with Gasteiger partial charge in [-0.15, -0.1) is 0 Å². The SMILES string of the molecule is COC(=O)C[C@H](NC(=O)c1cn[nH]c1C)C(=O)O. The Balaban J connectivity index is 2.73. The maximum Gasteiger partial charge on any atom is 0.326 e. The Morgan fingerprint density at radius 2 is 2.22 bits per heavy atom. The van der Waals surface area contributed by atoms with Gasteiger partial charge in [-0.2, -0.15) is 5.10 Å². The molecule has 0 aliphatic heterocycles. The highest BCUT2D eigenvalue weighted by molar-refractivity contribution is 5.98. The molecule has 0 radical (unpaired) electrons. The fourth-order valence-electron chi connectivity index (χ4n) is 1.27. The summed E-state index contributed by atoms with van der Waals surface area (Å²) in [6, 6.07) is -1.33. The number of amides is 1. The van der Waals surface area contributed by atoms with Gasteiger partial charge in [0.15, 0.2) is 0 Å². The van der Waals surface area contributed by atoms with Gasteiger partial charge in [0.05, 0.1) is 25.3 Å². The second-order valence-electron chi connectivity index (χ2n) is 3.55. The Morgan fingerprint density at radius 1 is 1.56 bits per heavy atom. The van der Waals surface area contributed by atoms with E-state index in [-0.39, 0.29) is 5.56 Å². The predicted molar refractivity (Wildman–Crippen MR) is 58.8 cm³/mol. The number of rotatable bonds is 5. The summed E-state index contributed by atoms with van der Waals surface area (Å²) in [5.74, 6) is -2.64. The molecule has 0 unspecified atom stereocenters. The summed E-state index contributed by atoms with van der Waals surface area (Å²) in [6.07, 6.45) is 0.843. The largest absolute Gasteiger partial charge is 0.480 e. The fraction of sp³-hybridized carbons (Fsp3) is 0.400. The van der Waals surface area contributed by atoms with Crippen LogP contribution in [0, 0.1) is 6.92 Å². The molecule has 0 aromatic carbocycles. The summed E-state index contributed by atoms with van der Waals surface area (Å²) in [6.45, 7) is 1.62. The molecule has 1 atom stereocenters. The summed E-state index contributed by atoms with van der Waals surface area (Å²) < 4.78 is 4.35. The van der Waals surface area contributed by atoms with Gasteiger partial charge in [0.2, 0.25) is 0 Å². The molecule has 98 valence electrons. The first-order valence-electron chi connectivity index (χ1n) is 5.06. The maximum absolute atomic E-state index is 11.7. The Bertz CT molecular complexity index is 468. The normalized spacial score (nSPS) is 11.7. The lowest BCUT2D eigenvalue weighted by Crippen LogP contribution is -2.42. The van der Waals surface area contributed by atoms with Gasteiger partial charge >= 0.3 is 11.9 Å². The van der Waals surface area contributed by atoms with Crippen molar-refractivity contribution in [3.05, 3.63) is 17.5 Å². The minimum Gasteiger partial charge on any atom is -0.480 e. The zero-order valence-corrected chi connectivity index (χ0v) is 9.89. The van der Waals surface area contributed by atoms with E-state index in [9.17, 15) is 14.4 Å². The number of aromatic nitrogens is 2. The molecule has 0 aliphatic carbocycles. The second-order valence-corrected chi connectivity index (χ2v) is 3.55. The number of aliphatic carboxylic acids is 1. The summed E-state index contributed by atoms with van der Waals surface area (Å²) in [5.41, 5.74) is 0.737. The van der Waals surface area contributed by atoms with Gasteiger partial charge in [-0.3, -0.25) is 14.7 Å². The molecule has 0 aliphatic rings. The van der Waals surface area contributed by atoms with E-state index in [2.05, 4.69) is 20.3 Å². The number of carboxylic acid groups (broad SMARTS) is 1. The first kappa shape index (κ1) is 13.7. The second kappa shape index (κ2) is 5.80. The van der Waals surface area contributed by atoms with Crippen molar-refractivity contribution < 1.29 is 24.2 Å². The minimum atomic E-state index is -1.33. The van der Waals surface area contributed by atoms with Gasteiger partial charge in [-0.05, 0) is 6.92 Å². The molecular weight excluding hydrogens is 242 g/mol. The highest BCUT2D eigenvalue weighted by atomic mass is 16.5. The van der Waals surface area contributed by atoms with Crippen LogP contribution in [0.5, 0.6) is 0 Å². The molecule has 0 saturated carbocycles. The lowest BCUT2D eigenvalue weighted by molar-refractivity contribution is -0.147. The predicted octanol–water partition coefficient (Wildman–Crippen LogP) is -0.536. The van der Waals surface area contributed by atoms with Gasteiger partial charge in [-0.1, -0.05) is 0 Å². The molecule has 1 aromatic rings. The fourth-order valence-corrected chi connectivity index (χ4v) is 1.27. The number of carboxylic acids is 1. The number of nitrogens with zero attached hydrogens (tertiary/aromatic N) is 1. The number of aromatic amines is 1. The van der Waals surface area contributed by atoms with Gasteiger partial charge < -0.3 is 15.2 Å². The third-order valence-corrected chi connectivity index (χ3v) is 2.28. The van der Waals surface area contributed by atoms with E-state index in [0.29, 0.717) is 5.69 Å². The van der Waals surface area contributed by atoms with E-state index in [1.165, 1.54) is 6.20 Å². The molecule has 18 heavy (non-hydrogen) atoms. The summed E-state index contributed by atoms with van der Waals surface area (Å²) >= 11 is 0. The number of hydrogen-bond acceptors (Lipinski definition) is 5. The number of H-pyrrole nitrogens is 1. The van der Waals surface area contributed by atoms with Crippen LogP contribution in [0.4, 0.5) is 0 Å². The van der Waals surface area contributed by atoms with E-state index < -0.39 is 30.3 Å². The number of aryl methyl sites for hydroxylation is 1. The van der Waals surface area contributed by atoms with Crippen LogP contribution in [0.1, 0.15) is 22.5 Å². The van der Waals surface area contributed by atoms with Crippen LogP contribution in [0.25, 0.3) is 0 Å².